The number of rotatable bonds is 5. The van der Waals surface area contributed by atoms with Crippen LogP contribution in [0.2, 0.25) is 5.02 Å². The van der Waals surface area contributed by atoms with Gasteiger partial charge in [-0.1, -0.05) is 11.6 Å². The van der Waals surface area contributed by atoms with E-state index < -0.39 is 0 Å². The van der Waals surface area contributed by atoms with E-state index in [-0.39, 0.29) is 12.7 Å². The normalized spacial score (nSPS) is 19.6. The van der Waals surface area contributed by atoms with Gasteiger partial charge < -0.3 is 14.7 Å². The van der Waals surface area contributed by atoms with Gasteiger partial charge in [0.1, 0.15) is 11.9 Å². The minimum Gasteiger partial charge on any atom is -0.489 e. The van der Waals surface area contributed by atoms with Gasteiger partial charge in [0, 0.05) is 33.3 Å². The molecule has 1 saturated carbocycles. The summed E-state index contributed by atoms with van der Waals surface area (Å²) in [4.78, 5) is 7.65. The number of halogens is 1. The topological polar surface area (TPSA) is 45.6 Å². The van der Waals surface area contributed by atoms with Crippen LogP contribution < -0.4 is 4.74 Å². The molecule has 148 valence electrons. The summed E-state index contributed by atoms with van der Waals surface area (Å²) in [5.41, 5.74) is 3.98. The molecule has 0 aliphatic heterocycles. The van der Waals surface area contributed by atoms with Gasteiger partial charge in [0.2, 0.25) is 0 Å². The number of ether oxygens (including phenoxy) is 1. The van der Waals surface area contributed by atoms with Gasteiger partial charge in [0.25, 0.3) is 0 Å². The molecule has 0 amide bonds. The number of aliphatic hydroxyl groups is 1. The number of aromatic nitrogens is 1. The molecule has 0 bridgehead atoms. The molecule has 1 aliphatic carbocycles. The Morgan fingerprint density at radius 1 is 1.25 bits per heavy atom. The highest BCUT2D eigenvalue weighted by atomic mass is 35.5. The molecule has 2 heterocycles. The van der Waals surface area contributed by atoms with E-state index in [2.05, 4.69) is 30.9 Å². The predicted octanol–water partition coefficient (Wildman–Crippen LogP) is 5.28. The standard InChI is InChI=1S/C22H25ClN2O2S/c1-13-8-14(23)9-19(21(13)27-16-5-4-15(10-16)25(2)3)18-6-7-24-20-11-17(12-26)28-22(18)20/h6-9,11,15-16,26H,4-5,10,12H2,1-3H3/t15-,16-/m1/s1. The Labute approximate surface area is 174 Å². The van der Waals surface area contributed by atoms with Crippen LogP contribution in [0.5, 0.6) is 5.75 Å². The number of hydrogen-bond acceptors (Lipinski definition) is 5. The Morgan fingerprint density at radius 2 is 2.07 bits per heavy atom. The molecule has 3 aromatic rings. The fourth-order valence-electron chi connectivity index (χ4n) is 4.02. The van der Waals surface area contributed by atoms with Gasteiger partial charge in [-0.3, -0.25) is 4.98 Å². The SMILES string of the molecule is Cc1cc(Cl)cc(-c2ccnc3cc(CO)sc23)c1O[C@@H]1CC[C@@H](N(C)C)C1. The average Bonchev–Trinajstić information content (AvgIpc) is 3.30. The second-order valence-electron chi connectivity index (χ2n) is 7.71. The molecular formula is C22H25ClN2O2S. The van der Waals surface area contributed by atoms with Gasteiger partial charge >= 0.3 is 0 Å². The fourth-order valence-corrected chi connectivity index (χ4v) is 5.30. The number of thiophene rings is 1. The molecule has 2 aromatic heterocycles. The summed E-state index contributed by atoms with van der Waals surface area (Å²) in [6.07, 6.45) is 5.27. The Hall–Kier alpha value is -1.66. The number of benzene rings is 1. The molecule has 28 heavy (non-hydrogen) atoms. The average molecular weight is 417 g/mol. The van der Waals surface area contributed by atoms with Gasteiger partial charge in [-0.25, -0.2) is 0 Å². The first-order valence-corrected chi connectivity index (χ1v) is 10.8. The summed E-state index contributed by atoms with van der Waals surface area (Å²) < 4.78 is 7.61. The maximum absolute atomic E-state index is 9.54. The third-order valence-electron chi connectivity index (χ3n) is 5.52. The second kappa shape index (κ2) is 7.99. The number of pyridine rings is 1. The van der Waals surface area contributed by atoms with Crippen LogP contribution in [0.25, 0.3) is 21.3 Å². The monoisotopic (exact) mass is 416 g/mol. The maximum Gasteiger partial charge on any atom is 0.130 e. The van der Waals surface area contributed by atoms with Crippen molar-refractivity contribution < 1.29 is 9.84 Å². The van der Waals surface area contributed by atoms with Crippen molar-refractivity contribution in [3.8, 4) is 16.9 Å². The van der Waals surface area contributed by atoms with Crippen LogP contribution in [-0.2, 0) is 6.61 Å². The zero-order valence-corrected chi connectivity index (χ0v) is 18.0. The lowest BCUT2D eigenvalue weighted by Crippen LogP contribution is -2.26. The van der Waals surface area contributed by atoms with Crippen LogP contribution in [0, 0.1) is 6.92 Å². The van der Waals surface area contributed by atoms with Crippen molar-refractivity contribution in [1.29, 1.82) is 0 Å². The quantitative estimate of drug-likeness (QED) is 0.614. The van der Waals surface area contributed by atoms with Crippen LogP contribution in [0.1, 0.15) is 29.7 Å². The first-order chi connectivity index (χ1) is 13.5. The molecule has 1 aromatic carbocycles. The Kier molecular flexibility index (Phi) is 5.61. The van der Waals surface area contributed by atoms with E-state index in [1.54, 1.807) is 11.3 Å². The highest BCUT2D eigenvalue weighted by Gasteiger charge is 2.29. The Morgan fingerprint density at radius 3 is 2.79 bits per heavy atom. The number of hydrogen-bond donors (Lipinski definition) is 1. The van der Waals surface area contributed by atoms with E-state index >= 15 is 0 Å². The molecular weight excluding hydrogens is 392 g/mol. The van der Waals surface area contributed by atoms with Crippen molar-refractivity contribution in [2.24, 2.45) is 0 Å². The lowest BCUT2D eigenvalue weighted by atomic mass is 10.0. The molecule has 2 atom stereocenters. The number of nitrogens with zero attached hydrogens (tertiary/aromatic N) is 2. The number of aliphatic hydroxyl groups excluding tert-OH is 1. The molecule has 0 spiro atoms. The number of fused-ring (bicyclic) bond motifs is 1. The van der Waals surface area contributed by atoms with Crippen molar-refractivity contribution in [2.45, 2.75) is 44.9 Å². The van der Waals surface area contributed by atoms with Crippen molar-refractivity contribution >= 4 is 33.2 Å². The van der Waals surface area contributed by atoms with Gasteiger partial charge in [-0.15, -0.1) is 11.3 Å². The predicted molar refractivity (Wildman–Crippen MR) is 116 cm³/mol. The van der Waals surface area contributed by atoms with Crippen molar-refractivity contribution in [1.82, 2.24) is 9.88 Å². The molecule has 1 N–H and O–H groups in total. The zero-order chi connectivity index (χ0) is 19.8. The first-order valence-electron chi connectivity index (χ1n) is 9.58. The van der Waals surface area contributed by atoms with E-state index in [1.165, 1.54) is 0 Å². The summed E-state index contributed by atoms with van der Waals surface area (Å²) in [5.74, 6) is 0.903. The largest absolute Gasteiger partial charge is 0.489 e. The van der Waals surface area contributed by atoms with Crippen LogP contribution in [-0.4, -0.2) is 41.2 Å². The molecule has 0 saturated heterocycles. The molecule has 0 unspecified atom stereocenters. The van der Waals surface area contributed by atoms with Gasteiger partial charge in [-0.05, 0) is 70.1 Å². The first kappa shape index (κ1) is 19.6. The Balaban J connectivity index is 1.77. The van der Waals surface area contributed by atoms with Crippen molar-refractivity contribution in [3.63, 3.8) is 0 Å². The molecule has 1 fully saturated rings. The van der Waals surface area contributed by atoms with E-state index in [9.17, 15) is 5.11 Å². The van der Waals surface area contributed by atoms with Crippen LogP contribution in [0.15, 0.2) is 30.5 Å². The van der Waals surface area contributed by atoms with E-state index in [0.717, 1.165) is 56.8 Å². The summed E-state index contributed by atoms with van der Waals surface area (Å²) in [6, 6.07) is 8.47. The molecule has 4 nitrogen and oxygen atoms in total. The summed E-state index contributed by atoms with van der Waals surface area (Å²) >= 11 is 7.99. The Bertz CT molecular complexity index is 1000. The zero-order valence-electron chi connectivity index (χ0n) is 16.4. The molecule has 6 heteroatoms. The number of aryl methyl sites for hydroxylation is 1. The summed E-state index contributed by atoms with van der Waals surface area (Å²) in [7, 11) is 4.27. The van der Waals surface area contributed by atoms with E-state index in [4.69, 9.17) is 16.3 Å². The molecule has 4 rings (SSSR count). The fraction of sp³-hybridized carbons (Fsp3) is 0.409. The van der Waals surface area contributed by atoms with Crippen molar-refractivity contribution in [2.75, 3.05) is 14.1 Å². The van der Waals surface area contributed by atoms with Gasteiger partial charge in [0.05, 0.1) is 16.8 Å². The molecule has 1 aliphatic rings. The third kappa shape index (κ3) is 3.77. The summed E-state index contributed by atoms with van der Waals surface area (Å²) in [6.45, 7) is 2.07. The smallest absolute Gasteiger partial charge is 0.130 e. The third-order valence-corrected chi connectivity index (χ3v) is 6.88. The van der Waals surface area contributed by atoms with Gasteiger partial charge in [0.15, 0.2) is 0 Å². The molecule has 0 radical (unpaired) electrons. The van der Waals surface area contributed by atoms with E-state index in [0.29, 0.717) is 11.1 Å². The van der Waals surface area contributed by atoms with Crippen molar-refractivity contribution in [3.05, 3.63) is 45.9 Å². The van der Waals surface area contributed by atoms with Gasteiger partial charge in [-0.2, -0.15) is 0 Å². The minimum absolute atomic E-state index is 0.0202. The lowest BCUT2D eigenvalue weighted by Gasteiger charge is -2.22. The minimum atomic E-state index is 0.0202. The lowest BCUT2D eigenvalue weighted by molar-refractivity contribution is 0.193. The highest BCUT2D eigenvalue weighted by Crippen LogP contribution is 2.42. The highest BCUT2D eigenvalue weighted by molar-refractivity contribution is 7.19. The van der Waals surface area contributed by atoms with E-state index in [1.807, 2.05) is 30.5 Å². The second-order valence-corrected chi connectivity index (χ2v) is 9.29. The van der Waals surface area contributed by atoms with Crippen LogP contribution in [0.4, 0.5) is 0 Å². The van der Waals surface area contributed by atoms with Crippen LogP contribution >= 0.6 is 22.9 Å². The maximum atomic E-state index is 9.54. The van der Waals surface area contributed by atoms with Crippen LogP contribution in [0.3, 0.4) is 0 Å². The summed E-state index contributed by atoms with van der Waals surface area (Å²) in [5, 5.41) is 10.2.